The lowest BCUT2D eigenvalue weighted by molar-refractivity contribution is -0.274. The van der Waals surface area contributed by atoms with Crippen LogP contribution < -0.4 is 20.5 Å². The van der Waals surface area contributed by atoms with Crippen LogP contribution in [0.2, 0.25) is 0 Å². The fraction of sp³-hybridized carbons (Fsp3) is 0.167. The second-order valence-corrected chi connectivity index (χ2v) is 7.17. The lowest BCUT2D eigenvalue weighted by atomic mass is 10.2. The number of aromatic nitrogens is 1. The molecule has 1 heterocycles. The molecule has 1 amide bonds. The summed E-state index contributed by atoms with van der Waals surface area (Å²) in [7, 11) is 1.53. The van der Waals surface area contributed by atoms with Crippen LogP contribution in [0.3, 0.4) is 0 Å². The van der Waals surface area contributed by atoms with E-state index in [2.05, 4.69) is 25.0 Å². The molecule has 0 aliphatic rings. The molecule has 0 spiro atoms. The fourth-order valence-electron chi connectivity index (χ4n) is 2.81. The SMILES string of the molecule is COc1ccc(C(C)OC(=O)Nc2ccc(C(N)=NC=Nc3ccc(OC(F)(F)F)cc3)cc2)nc1. The van der Waals surface area contributed by atoms with Crippen LogP contribution in [0.25, 0.3) is 0 Å². The molecular weight excluding hydrogens is 479 g/mol. The summed E-state index contributed by atoms with van der Waals surface area (Å²) in [5.74, 6) is 0.385. The first kappa shape index (κ1) is 26.0. The number of anilines is 1. The van der Waals surface area contributed by atoms with E-state index >= 15 is 0 Å². The number of ether oxygens (including phenoxy) is 3. The van der Waals surface area contributed by atoms with Gasteiger partial charge in [-0.1, -0.05) is 0 Å². The predicted molar refractivity (Wildman–Crippen MR) is 128 cm³/mol. The summed E-state index contributed by atoms with van der Waals surface area (Å²) < 4.78 is 50.8. The van der Waals surface area contributed by atoms with Crippen molar-refractivity contribution in [2.45, 2.75) is 19.4 Å². The number of carbonyl (C=O) groups excluding carboxylic acids is 1. The van der Waals surface area contributed by atoms with Crippen molar-refractivity contribution in [3.63, 3.8) is 0 Å². The molecule has 0 aliphatic carbocycles. The summed E-state index contributed by atoms with van der Waals surface area (Å²) in [4.78, 5) is 24.4. The molecular formula is C24H22F3N5O4. The number of nitrogens with zero attached hydrogens (tertiary/aromatic N) is 3. The summed E-state index contributed by atoms with van der Waals surface area (Å²) in [6, 6.07) is 14.9. The lowest BCUT2D eigenvalue weighted by Gasteiger charge is -2.14. The highest BCUT2D eigenvalue weighted by Crippen LogP contribution is 2.24. The molecule has 9 nitrogen and oxygen atoms in total. The molecule has 1 aromatic heterocycles. The van der Waals surface area contributed by atoms with Gasteiger partial charge in [-0.15, -0.1) is 13.2 Å². The van der Waals surface area contributed by atoms with Gasteiger partial charge < -0.3 is 19.9 Å². The Kier molecular flexibility index (Phi) is 8.44. The molecule has 0 saturated carbocycles. The maximum Gasteiger partial charge on any atom is 0.573 e. The van der Waals surface area contributed by atoms with Gasteiger partial charge in [-0.25, -0.2) is 14.8 Å². The number of hydrogen-bond donors (Lipinski definition) is 2. The predicted octanol–water partition coefficient (Wildman–Crippen LogP) is 5.36. The number of nitrogens with two attached hydrogens (primary N) is 1. The Hall–Kier alpha value is -4.61. The Morgan fingerprint density at radius 3 is 2.31 bits per heavy atom. The first-order valence-corrected chi connectivity index (χ1v) is 10.4. The summed E-state index contributed by atoms with van der Waals surface area (Å²) in [5, 5.41) is 2.61. The molecule has 3 N–H and O–H groups in total. The Labute approximate surface area is 204 Å². The van der Waals surface area contributed by atoms with Crippen LogP contribution in [-0.4, -0.2) is 36.7 Å². The summed E-state index contributed by atoms with van der Waals surface area (Å²) in [5.41, 5.74) is 7.90. The van der Waals surface area contributed by atoms with Crippen LogP contribution in [0.1, 0.15) is 24.3 Å². The minimum atomic E-state index is -4.76. The molecule has 2 aromatic carbocycles. The van der Waals surface area contributed by atoms with Crippen LogP contribution in [-0.2, 0) is 4.74 Å². The quantitative estimate of drug-likeness (QED) is 0.317. The minimum Gasteiger partial charge on any atom is -0.495 e. The Morgan fingerprint density at radius 1 is 1.06 bits per heavy atom. The second-order valence-electron chi connectivity index (χ2n) is 7.17. The van der Waals surface area contributed by atoms with Gasteiger partial charge in [0.2, 0.25) is 0 Å². The van der Waals surface area contributed by atoms with Gasteiger partial charge in [0.25, 0.3) is 0 Å². The number of nitrogens with one attached hydrogen (secondary N) is 1. The van der Waals surface area contributed by atoms with Crippen LogP contribution in [0.4, 0.5) is 29.3 Å². The van der Waals surface area contributed by atoms with Crippen LogP contribution in [0.5, 0.6) is 11.5 Å². The maximum absolute atomic E-state index is 12.2. The monoisotopic (exact) mass is 501 g/mol. The van der Waals surface area contributed by atoms with Crippen LogP contribution in [0.15, 0.2) is 76.8 Å². The third-order valence-electron chi connectivity index (χ3n) is 4.60. The van der Waals surface area contributed by atoms with Crippen molar-refractivity contribution in [2.75, 3.05) is 12.4 Å². The van der Waals surface area contributed by atoms with Gasteiger partial charge in [-0.3, -0.25) is 10.3 Å². The Bertz CT molecular complexity index is 1210. The molecule has 0 radical (unpaired) electrons. The van der Waals surface area contributed by atoms with Crippen molar-refractivity contribution >= 4 is 29.6 Å². The van der Waals surface area contributed by atoms with Gasteiger partial charge in [0.15, 0.2) is 0 Å². The number of alkyl halides is 3. The third-order valence-corrected chi connectivity index (χ3v) is 4.60. The smallest absolute Gasteiger partial charge is 0.495 e. The largest absolute Gasteiger partial charge is 0.573 e. The number of amides is 1. The summed E-state index contributed by atoms with van der Waals surface area (Å²) in [6.45, 7) is 1.70. The first-order valence-electron chi connectivity index (χ1n) is 10.4. The van der Waals surface area contributed by atoms with Gasteiger partial charge in [-0.05, 0) is 67.6 Å². The number of methoxy groups -OCH3 is 1. The van der Waals surface area contributed by atoms with E-state index in [1.54, 1.807) is 43.3 Å². The van der Waals surface area contributed by atoms with Crippen molar-refractivity contribution in [2.24, 2.45) is 15.7 Å². The van der Waals surface area contributed by atoms with Crippen LogP contribution >= 0.6 is 0 Å². The number of rotatable bonds is 8. The lowest BCUT2D eigenvalue weighted by Crippen LogP contribution is -2.17. The fourth-order valence-corrected chi connectivity index (χ4v) is 2.81. The number of halogens is 3. The normalized spacial score (nSPS) is 12.8. The molecule has 12 heteroatoms. The molecule has 188 valence electrons. The molecule has 1 unspecified atom stereocenters. The number of carbonyl (C=O) groups is 1. The maximum atomic E-state index is 12.2. The van der Waals surface area contributed by atoms with Crippen molar-refractivity contribution < 1.29 is 32.2 Å². The average molecular weight is 501 g/mol. The highest BCUT2D eigenvalue weighted by Gasteiger charge is 2.30. The minimum absolute atomic E-state index is 0.143. The highest BCUT2D eigenvalue weighted by atomic mass is 19.4. The van der Waals surface area contributed by atoms with Crippen LogP contribution in [0, 0.1) is 0 Å². The Balaban J connectivity index is 1.53. The number of hydrogen-bond acceptors (Lipinski definition) is 6. The number of benzene rings is 2. The third kappa shape index (κ3) is 8.01. The van der Waals surface area contributed by atoms with E-state index in [1.165, 1.54) is 31.8 Å². The van der Waals surface area contributed by atoms with E-state index in [0.29, 0.717) is 28.4 Å². The van der Waals surface area contributed by atoms with Gasteiger partial charge in [-0.2, -0.15) is 0 Å². The zero-order chi connectivity index (χ0) is 26.1. The van der Waals surface area contributed by atoms with Crippen molar-refractivity contribution in [3.8, 4) is 11.5 Å². The van der Waals surface area contributed by atoms with Gasteiger partial charge >= 0.3 is 12.5 Å². The van der Waals surface area contributed by atoms with E-state index in [9.17, 15) is 18.0 Å². The number of pyridine rings is 1. The zero-order valence-corrected chi connectivity index (χ0v) is 19.2. The Morgan fingerprint density at radius 2 is 1.72 bits per heavy atom. The number of aliphatic imine (C=N–C) groups is 2. The zero-order valence-electron chi connectivity index (χ0n) is 19.2. The van der Waals surface area contributed by atoms with E-state index in [-0.39, 0.29) is 11.6 Å². The van der Waals surface area contributed by atoms with E-state index < -0.39 is 18.6 Å². The summed E-state index contributed by atoms with van der Waals surface area (Å²) in [6.07, 6.45) is -3.29. The van der Waals surface area contributed by atoms with Gasteiger partial charge in [0, 0.05) is 11.3 Å². The molecule has 1 atom stereocenters. The molecule has 0 saturated heterocycles. The van der Waals surface area contributed by atoms with E-state index in [4.69, 9.17) is 15.2 Å². The van der Waals surface area contributed by atoms with Crippen molar-refractivity contribution in [3.05, 3.63) is 78.1 Å². The molecule has 0 aliphatic heterocycles. The van der Waals surface area contributed by atoms with Gasteiger partial charge in [0.05, 0.1) is 24.7 Å². The van der Waals surface area contributed by atoms with Crippen molar-refractivity contribution in [1.82, 2.24) is 4.98 Å². The topological polar surface area (TPSA) is 120 Å². The molecule has 36 heavy (non-hydrogen) atoms. The molecule has 0 fully saturated rings. The molecule has 3 aromatic rings. The highest BCUT2D eigenvalue weighted by molar-refractivity contribution is 6.01. The second kappa shape index (κ2) is 11.7. The molecule has 0 bridgehead atoms. The first-order chi connectivity index (χ1) is 17.1. The van der Waals surface area contributed by atoms with E-state index in [1.807, 2.05) is 0 Å². The molecule has 3 rings (SSSR count). The summed E-state index contributed by atoms with van der Waals surface area (Å²) >= 11 is 0. The van der Waals surface area contributed by atoms with Gasteiger partial charge in [0.1, 0.15) is 29.8 Å². The van der Waals surface area contributed by atoms with Crippen molar-refractivity contribution in [1.29, 1.82) is 0 Å². The average Bonchev–Trinajstić information content (AvgIpc) is 2.84. The van der Waals surface area contributed by atoms with E-state index in [0.717, 1.165) is 12.1 Å². The standard InChI is InChI=1S/C24H22F3N5O4/c1-15(21-12-11-20(34-2)13-29-21)35-23(33)32-18-5-3-16(4-6-18)22(28)31-14-30-17-7-9-19(10-8-17)36-24(25,26)27/h3-15H,1-2H3,(H,32,33)(H2,28,30,31). The number of amidine groups is 1.